The SMILES string of the molecule is COc1ccc(N(C)CCOc2ccc(Br)cc2)cc1. The van der Waals surface area contributed by atoms with E-state index in [2.05, 4.69) is 20.8 Å². The van der Waals surface area contributed by atoms with E-state index in [0.29, 0.717) is 6.61 Å². The summed E-state index contributed by atoms with van der Waals surface area (Å²) in [4.78, 5) is 2.15. The number of halogens is 1. The third-order valence-electron chi connectivity index (χ3n) is 3.02. The maximum Gasteiger partial charge on any atom is 0.119 e. The fourth-order valence-electron chi connectivity index (χ4n) is 1.80. The molecule has 0 unspecified atom stereocenters. The van der Waals surface area contributed by atoms with E-state index in [0.717, 1.165) is 28.2 Å². The van der Waals surface area contributed by atoms with Gasteiger partial charge in [0.15, 0.2) is 0 Å². The summed E-state index contributed by atoms with van der Waals surface area (Å²) in [7, 11) is 3.72. The first-order valence-corrected chi connectivity index (χ1v) is 7.22. The fraction of sp³-hybridized carbons (Fsp3) is 0.250. The number of rotatable bonds is 6. The molecule has 0 aliphatic rings. The number of methoxy groups -OCH3 is 1. The molecule has 2 aromatic rings. The summed E-state index contributed by atoms with van der Waals surface area (Å²) in [6.45, 7) is 1.46. The van der Waals surface area contributed by atoms with Crippen LogP contribution in [0, 0.1) is 0 Å². The van der Waals surface area contributed by atoms with Crippen LogP contribution < -0.4 is 14.4 Å². The molecular weight excluding hydrogens is 318 g/mol. The summed E-state index contributed by atoms with van der Waals surface area (Å²) in [6.07, 6.45) is 0. The molecule has 0 N–H and O–H groups in total. The van der Waals surface area contributed by atoms with Crippen LogP contribution in [0.3, 0.4) is 0 Å². The fourth-order valence-corrected chi connectivity index (χ4v) is 2.06. The summed E-state index contributed by atoms with van der Waals surface area (Å²) >= 11 is 3.41. The lowest BCUT2D eigenvalue weighted by atomic mass is 10.3. The van der Waals surface area contributed by atoms with Crippen LogP contribution in [0.2, 0.25) is 0 Å². The predicted molar refractivity (Wildman–Crippen MR) is 85.9 cm³/mol. The molecule has 0 saturated carbocycles. The van der Waals surface area contributed by atoms with Crippen LogP contribution in [0.25, 0.3) is 0 Å². The zero-order chi connectivity index (χ0) is 14.4. The van der Waals surface area contributed by atoms with E-state index in [9.17, 15) is 0 Å². The maximum atomic E-state index is 5.71. The van der Waals surface area contributed by atoms with Crippen molar-refractivity contribution in [3.63, 3.8) is 0 Å². The molecule has 3 nitrogen and oxygen atoms in total. The summed E-state index contributed by atoms with van der Waals surface area (Å²) in [5.74, 6) is 1.75. The van der Waals surface area contributed by atoms with E-state index in [-0.39, 0.29) is 0 Å². The van der Waals surface area contributed by atoms with Crippen LogP contribution in [0.1, 0.15) is 0 Å². The van der Waals surface area contributed by atoms with E-state index < -0.39 is 0 Å². The van der Waals surface area contributed by atoms with Crippen LogP contribution >= 0.6 is 15.9 Å². The first-order valence-electron chi connectivity index (χ1n) is 6.42. The molecule has 0 aromatic heterocycles. The third-order valence-corrected chi connectivity index (χ3v) is 3.55. The van der Waals surface area contributed by atoms with Gasteiger partial charge < -0.3 is 14.4 Å². The van der Waals surface area contributed by atoms with Crippen molar-refractivity contribution in [1.29, 1.82) is 0 Å². The molecule has 4 heteroatoms. The van der Waals surface area contributed by atoms with Gasteiger partial charge in [-0.2, -0.15) is 0 Å². The molecule has 2 aromatic carbocycles. The van der Waals surface area contributed by atoms with Gasteiger partial charge in [-0.25, -0.2) is 0 Å². The summed E-state index contributed by atoms with van der Waals surface area (Å²) < 4.78 is 11.9. The van der Waals surface area contributed by atoms with Crippen LogP contribution in [-0.4, -0.2) is 27.3 Å². The van der Waals surface area contributed by atoms with E-state index in [4.69, 9.17) is 9.47 Å². The van der Waals surface area contributed by atoms with Crippen molar-refractivity contribution in [2.75, 3.05) is 32.2 Å². The quantitative estimate of drug-likeness (QED) is 0.797. The topological polar surface area (TPSA) is 21.7 Å². The Balaban J connectivity index is 1.82. The second kappa shape index (κ2) is 7.20. The Hall–Kier alpha value is -1.68. The largest absolute Gasteiger partial charge is 0.497 e. The van der Waals surface area contributed by atoms with Crippen molar-refractivity contribution in [3.05, 3.63) is 53.0 Å². The van der Waals surface area contributed by atoms with Crippen LogP contribution in [0.4, 0.5) is 5.69 Å². The molecule has 20 heavy (non-hydrogen) atoms. The summed E-state index contributed by atoms with van der Waals surface area (Å²) in [5.41, 5.74) is 1.14. The van der Waals surface area contributed by atoms with Gasteiger partial charge in [-0.05, 0) is 48.5 Å². The Morgan fingerprint density at radius 1 is 0.950 bits per heavy atom. The summed E-state index contributed by atoms with van der Waals surface area (Å²) in [6, 6.07) is 15.9. The van der Waals surface area contributed by atoms with Gasteiger partial charge in [-0.3, -0.25) is 0 Å². The van der Waals surface area contributed by atoms with Crippen LogP contribution in [-0.2, 0) is 0 Å². The van der Waals surface area contributed by atoms with Crippen molar-refractivity contribution in [2.45, 2.75) is 0 Å². The molecule has 2 rings (SSSR count). The van der Waals surface area contributed by atoms with Crippen molar-refractivity contribution in [1.82, 2.24) is 0 Å². The van der Waals surface area contributed by atoms with Gasteiger partial charge in [-0.1, -0.05) is 15.9 Å². The van der Waals surface area contributed by atoms with Crippen LogP contribution in [0.15, 0.2) is 53.0 Å². The average molecular weight is 336 g/mol. The normalized spacial score (nSPS) is 10.2. The van der Waals surface area contributed by atoms with Gasteiger partial charge in [0.25, 0.3) is 0 Å². The zero-order valence-electron chi connectivity index (χ0n) is 11.7. The van der Waals surface area contributed by atoms with Gasteiger partial charge in [0.1, 0.15) is 18.1 Å². The van der Waals surface area contributed by atoms with Crippen molar-refractivity contribution in [2.24, 2.45) is 0 Å². The molecule has 0 spiro atoms. The predicted octanol–water partition coefficient (Wildman–Crippen LogP) is 3.97. The van der Waals surface area contributed by atoms with Crippen LogP contribution in [0.5, 0.6) is 11.5 Å². The Bertz CT molecular complexity index is 525. The van der Waals surface area contributed by atoms with Gasteiger partial charge in [0.2, 0.25) is 0 Å². The molecule has 106 valence electrons. The minimum atomic E-state index is 0.643. The number of benzene rings is 2. The number of ether oxygens (including phenoxy) is 2. The Kier molecular flexibility index (Phi) is 5.30. The molecule has 0 aliphatic heterocycles. The number of likely N-dealkylation sites (N-methyl/N-ethyl adjacent to an activating group) is 1. The molecule has 0 fully saturated rings. The highest BCUT2D eigenvalue weighted by atomic mass is 79.9. The van der Waals surface area contributed by atoms with E-state index in [1.165, 1.54) is 0 Å². The van der Waals surface area contributed by atoms with Gasteiger partial charge in [0.05, 0.1) is 13.7 Å². The highest BCUT2D eigenvalue weighted by Crippen LogP contribution is 2.19. The van der Waals surface area contributed by atoms with E-state index in [1.54, 1.807) is 7.11 Å². The molecule has 0 radical (unpaired) electrons. The first kappa shape index (κ1) is 14.7. The third kappa shape index (κ3) is 4.17. The van der Waals surface area contributed by atoms with Crippen molar-refractivity contribution >= 4 is 21.6 Å². The minimum Gasteiger partial charge on any atom is -0.497 e. The Morgan fingerprint density at radius 3 is 2.15 bits per heavy atom. The van der Waals surface area contributed by atoms with E-state index >= 15 is 0 Å². The molecular formula is C16H18BrNO2. The number of anilines is 1. The zero-order valence-corrected chi connectivity index (χ0v) is 13.3. The smallest absolute Gasteiger partial charge is 0.119 e. The highest BCUT2D eigenvalue weighted by Gasteiger charge is 2.02. The molecule has 0 amide bonds. The monoisotopic (exact) mass is 335 g/mol. The minimum absolute atomic E-state index is 0.643. The lowest BCUT2D eigenvalue weighted by Crippen LogP contribution is -2.23. The van der Waals surface area contributed by atoms with Crippen molar-refractivity contribution in [3.8, 4) is 11.5 Å². The van der Waals surface area contributed by atoms with E-state index in [1.807, 2.05) is 55.6 Å². The average Bonchev–Trinajstić information content (AvgIpc) is 2.49. The second-order valence-corrected chi connectivity index (χ2v) is 5.34. The lowest BCUT2D eigenvalue weighted by Gasteiger charge is -2.19. The maximum absolute atomic E-state index is 5.71. The Morgan fingerprint density at radius 2 is 1.55 bits per heavy atom. The van der Waals surface area contributed by atoms with Gasteiger partial charge in [0, 0.05) is 17.2 Å². The van der Waals surface area contributed by atoms with Gasteiger partial charge in [-0.15, -0.1) is 0 Å². The summed E-state index contributed by atoms with van der Waals surface area (Å²) in [5, 5.41) is 0. The number of hydrogen-bond donors (Lipinski definition) is 0. The standard InChI is InChI=1S/C16H18BrNO2/c1-18(14-5-9-15(19-2)10-6-14)11-12-20-16-7-3-13(17)4-8-16/h3-10H,11-12H2,1-2H3. The molecule has 0 aliphatic carbocycles. The first-order chi connectivity index (χ1) is 9.69. The van der Waals surface area contributed by atoms with Crippen molar-refractivity contribution < 1.29 is 9.47 Å². The number of nitrogens with zero attached hydrogens (tertiary/aromatic N) is 1. The van der Waals surface area contributed by atoms with Gasteiger partial charge >= 0.3 is 0 Å². The highest BCUT2D eigenvalue weighted by molar-refractivity contribution is 9.10. The molecule has 0 atom stereocenters. The molecule has 0 saturated heterocycles. The molecule has 0 heterocycles. The lowest BCUT2D eigenvalue weighted by molar-refractivity contribution is 0.326. The second-order valence-electron chi connectivity index (χ2n) is 4.42. The molecule has 0 bridgehead atoms. The Labute approximate surface area is 128 Å². The number of hydrogen-bond acceptors (Lipinski definition) is 3.